The molecular weight excluding hydrogens is 292 g/mol. The normalized spacial score (nSPS) is 10.0. The Morgan fingerprint density at radius 3 is 2.00 bits per heavy atom. The van der Waals surface area contributed by atoms with Gasteiger partial charge in [-0.05, 0) is 17.7 Å². The van der Waals surface area contributed by atoms with Crippen LogP contribution in [0.1, 0.15) is 16.7 Å². The Morgan fingerprint density at radius 2 is 1.52 bits per heavy atom. The summed E-state index contributed by atoms with van der Waals surface area (Å²) in [5.74, 6) is 2.12. The molecule has 2 aromatic carbocycles. The zero-order valence-corrected chi connectivity index (χ0v) is 13.6. The van der Waals surface area contributed by atoms with Crippen LogP contribution >= 0.6 is 0 Å². The number of rotatable bonds is 7. The zero-order valence-electron chi connectivity index (χ0n) is 13.6. The van der Waals surface area contributed by atoms with Gasteiger partial charge in [0.2, 0.25) is 0 Å². The minimum atomic E-state index is 0.594. The molecule has 0 atom stereocenters. The van der Waals surface area contributed by atoms with E-state index >= 15 is 0 Å². The van der Waals surface area contributed by atoms with Crippen LogP contribution in [0.2, 0.25) is 0 Å². The Kier molecular flexibility index (Phi) is 5.84. The molecule has 1 N–H and O–H groups in total. The van der Waals surface area contributed by atoms with E-state index < -0.39 is 0 Å². The number of ether oxygens (including phenoxy) is 3. The maximum atomic E-state index is 8.81. The number of nitrogens with zero attached hydrogens (tertiary/aromatic N) is 1. The highest BCUT2D eigenvalue weighted by atomic mass is 16.5. The molecule has 5 heteroatoms. The van der Waals surface area contributed by atoms with Crippen LogP contribution in [-0.4, -0.2) is 21.3 Å². The zero-order chi connectivity index (χ0) is 16.7. The third-order valence-corrected chi connectivity index (χ3v) is 3.53. The van der Waals surface area contributed by atoms with Gasteiger partial charge in [0.25, 0.3) is 0 Å². The van der Waals surface area contributed by atoms with Gasteiger partial charge in [0.15, 0.2) is 0 Å². The van der Waals surface area contributed by atoms with Crippen LogP contribution in [0.25, 0.3) is 0 Å². The van der Waals surface area contributed by atoms with Gasteiger partial charge in [-0.3, -0.25) is 0 Å². The summed E-state index contributed by atoms with van der Waals surface area (Å²) in [6, 6.07) is 13.3. The van der Waals surface area contributed by atoms with Crippen LogP contribution in [-0.2, 0) is 13.1 Å². The van der Waals surface area contributed by atoms with E-state index in [4.69, 9.17) is 19.5 Å². The third-order valence-electron chi connectivity index (χ3n) is 3.53. The van der Waals surface area contributed by atoms with E-state index in [1.165, 1.54) is 0 Å². The fourth-order valence-corrected chi connectivity index (χ4v) is 2.28. The predicted octanol–water partition coefficient (Wildman–Crippen LogP) is 2.87. The van der Waals surface area contributed by atoms with E-state index in [1.807, 2.05) is 36.4 Å². The SMILES string of the molecule is COc1cc(OC)c(CNCc2ccc(C#N)cc2)c(OC)c1. The summed E-state index contributed by atoms with van der Waals surface area (Å²) in [6.07, 6.45) is 0. The lowest BCUT2D eigenvalue weighted by molar-refractivity contribution is 0.366. The van der Waals surface area contributed by atoms with Gasteiger partial charge < -0.3 is 19.5 Å². The van der Waals surface area contributed by atoms with Gasteiger partial charge in [-0.25, -0.2) is 0 Å². The van der Waals surface area contributed by atoms with Gasteiger partial charge in [-0.15, -0.1) is 0 Å². The van der Waals surface area contributed by atoms with Crippen molar-refractivity contribution in [2.75, 3.05) is 21.3 Å². The Morgan fingerprint density at radius 1 is 0.913 bits per heavy atom. The van der Waals surface area contributed by atoms with Crippen LogP contribution in [0, 0.1) is 11.3 Å². The largest absolute Gasteiger partial charge is 0.496 e. The molecule has 0 aliphatic carbocycles. The van der Waals surface area contributed by atoms with Crippen molar-refractivity contribution in [2.24, 2.45) is 0 Å². The molecule has 0 aromatic heterocycles. The highest BCUT2D eigenvalue weighted by molar-refractivity contribution is 5.50. The van der Waals surface area contributed by atoms with Crippen LogP contribution in [0.5, 0.6) is 17.2 Å². The highest BCUT2D eigenvalue weighted by Crippen LogP contribution is 2.33. The summed E-state index contributed by atoms with van der Waals surface area (Å²) in [5, 5.41) is 12.2. The summed E-state index contributed by atoms with van der Waals surface area (Å²) in [4.78, 5) is 0. The second-order valence-corrected chi connectivity index (χ2v) is 4.92. The molecule has 0 amide bonds. The molecule has 0 unspecified atom stereocenters. The second-order valence-electron chi connectivity index (χ2n) is 4.92. The van der Waals surface area contributed by atoms with E-state index in [-0.39, 0.29) is 0 Å². The fourth-order valence-electron chi connectivity index (χ4n) is 2.28. The quantitative estimate of drug-likeness (QED) is 0.851. The van der Waals surface area contributed by atoms with Gasteiger partial charge in [0.05, 0.1) is 38.5 Å². The van der Waals surface area contributed by atoms with Gasteiger partial charge in [-0.2, -0.15) is 5.26 Å². The molecule has 23 heavy (non-hydrogen) atoms. The third kappa shape index (κ3) is 4.15. The number of hydrogen-bond acceptors (Lipinski definition) is 5. The molecule has 0 saturated carbocycles. The lowest BCUT2D eigenvalue weighted by atomic mass is 10.1. The van der Waals surface area contributed by atoms with Crippen molar-refractivity contribution in [3.05, 3.63) is 53.1 Å². The molecule has 0 spiro atoms. The molecule has 0 radical (unpaired) electrons. The smallest absolute Gasteiger partial charge is 0.130 e. The minimum Gasteiger partial charge on any atom is -0.496 e. The van der Waals surface area contributed by atoms with Gasteiger partial charge in [0, 0.05) is 25.2 Å². The van der Waals surface area contributed by atoms with Crippen molar-refractivity contribution < 1.29 is 14.2 Å². The van der Waals surface area contributed by atoms with Crippen LogP contribution in [0.3, 0.4) is 0 Å². The molecule has 0 saturated heterocycles. The topological polar surface area (TPSA) is 63.5 Å². The van der Waals surface area contributed by atoms with Crippen LogP contribution in [0.15, 0.2) is 36.4 Å². The van der Waals surface area contributed by atoms with E-state index in [2.05, 4.69) is 11.4 Å². The summed E-state index contributed by atoms with van der Waals surface area (Å²) < 4.78 is 16.1. The van der Waals surface area contributed by atoms with Gasteiger partial charge >= 0.3 is 0 Å². The first-order valence-corrected chi connectivity index (χ1v) is 7.20. The predicted molar refractivity (Wildman–Crippen MR) is 87.8 cm³/mol. The Balaban J connectivity index is 2.08. The van der Waals surface area contributed by atoms with Gasteiger partial charge in [-0.1, -0.05) is 12.1 Å². The Labute approximate surface area is 136 Å². The van der Waals surface area contributed by atoms with E-state index in [0.29, 0.717) is 35.9 Å². The first kappa shape index (κ1) is 16.7. The van der Waals surface area contributed by atoms with E-state index in [0.717, 1.165) is 11.1 Å². The number of methoxy groups -OCH3 is 3. The number of benzene rings is 2. The van der Waals surface area contributed by atoms with Crippen molar-refractivity contribution in [1.29, 1.82) is 5.26 Å². The molecule has 2 aromatic rings. The number of hydrogen-bond donors (Lipinski definition) is 1. The Bertz CT molecular complexity index is 665. The summed E-state index contributed by atoms with van der Waals surface area (Å²) >= 11 is 0. The lowest BCUT2D eigenvalue weighted by Gasteiger charge is -2.15. The lowest BCUT2D eigenvalue weighted by Crippen LogP contribution is -2.14. The maximum absolute atomic E-state index is 8.81. The first-order chi connectivity index (χ1) is 11.2. The molecule has 0 bridgehead atoms. The van der Waals surface area contributed by atoms with Gasteiger partial charge in [0.1, 0.15) is 17.2 Å². The molecule has 0 heterocycles. The molecule has 0 aliphatic heterocycles. The highest BCUT2D eigenvalue weighted by Gasteiger charge is 2.12. The second kappa shape index (κ2) is 8.06. The standard InChI is InChI=1S/C18H20N2O3/c1-21-15-8-17(22-2)16(18(9-15)23-3)12-20-11-14-6-4-13(10-19)5-7-14/h4-9,20H,11-12H2,1-3H3. The monoisotopic (exact) mass is 312 g/mol. The van der Waals surface area contributed by atoms with E-state index in [9.17, 15) is 0 Å². The first-order valence-electron chi connectivity index (χ1n) is 7.20. The summed E-state index contributed by atoms with van der Waals surface area (Å²) in [6.45, 7) is 1.28. The number of nitriles is 1. The number of nitrogens with one attached hydrogen (secondary N) is 1. The molecule has 0 aliphatic rings. The molecule has 2 rings (SSSR count). The maximum Gasteiger partial charge on any atom is 0.130 e. The van der Waals surface area contributed by atoms with Crippen molar-refractivity contribution in [2.45, 2.75) is 13.1 Å². The minimum absolute atomic E-state index is 0.594. The van der Waals surface area contributed by atoms with E-state index in [1.54, 1.807) is 21.3 Å². The fraction of sp³-hybridized carbons (Fsp3) is 0.278. The van der Waals surface area contributed by atoms with Crippen molar-refractivity contribution in [3.63, 3.8) is 0 Å². The molecule has 5 nitrogen and oxygen atoms in total. The Hall–Kier alpha value is -2.71. The molecule has 0 fully saturated rings. The molecular formula is C18H20N2O3. The average Bonchev–Trinajstić information content (AvgIpc) is 2.62. The average molecular weight is 312 g/mol. The molecule has 120 valence electrons. The van der Waals surface area contributed by atoms with Crippen LogP contribution in [0.4, 0.5) is 0 Å². The van der Waals surface area contributed by atoms with Crippen LogP contribution < -0.4 is 19.5 Å². The van der Waals surface area contributed by atoms with Crippen molar-refractivity contribution in [1.82, 2.24) is 5.32 Å². The summed E-state index contributed by atoms with van der Waals surface area (Å²) in [7, 11) is 4.85. The van der Waals surface area contributed by atoms with Crippen molar-refractivity contribution >= 4 is 0 Å². The van der Waals surface area contributed by atoms with Crippen molar-refractivity contribution in [3.8, 4) is 23.3 Å². The summed E-state index contributed by atoms with van der Waals surface area (Å²) in [5.41, 5.74) is 2.70.